The third kappa shape index (κ3) is 8.85. The molecule has 0 amide bonds. The number of carbonyl (C=O) groups is 1. The molecule has 4 aromatic carbocycles. The number of ether oxygens (including phenoxy) is 3. The molecule has 0 fully saturated rings. The lowest BCUT2D eigenvalue weighted by Crippen LogP contribution is -2.32. The monoisotopic (exact) mass is 553 g/mol. The first-order valence-electron chi connectivity index (χ1n) is 14.0. The lowest BCUT2D eigenvalue weighted by Gasteiger charge is -2.30. The standard InChI is InChI=1S/C35H39NO5/c1-26(41-32-16-10-11-27(21-32)22-35(37)38)19-20-36(24-30-17-18-31(39-2)23-34(30)40-3)25-33(28-12-6-4-7-13-28)29-14-8-5-9-15-29/h4-18,21,23,26,33H,19-20,22,24-25H2,1-3H3,(H,37,38). The number of methoxy groups -OCH3 is 2. The van der Waals surface area contributed by atoms with E-state index in [1.807, 2.05) is 36.4 Å². The Balaban J connectivity index is 1.55. The van der Waals surface area contributed by atoms with Crippen LogP contribution < -0.4 is 14.2 Å². The Hall–Kier alpha value is -4.29. The molecule has 1 N–H and O–H groups in total. The molecule has 0 bridgehead atoms. The third-order valence-corrected chi connectivity index (χ3v) is 7.18. The van der Waals surface area contributed by atoms with Crippen LogP contribution in [0.2, 0.25) is 0 Å². The molecule has 4 rings (SSSR count). The zero-order chi connectivity index (χ0) is 29.0. The average molecular weight is 554 g/mol. The van der Waals surface area contributed by atoms with Crippen molar-refractivity contribution in [2.45, 2.75) is 38.3 Å². The summed E-state index contributed by atoms with van der Waals surface area (Å²) in [5.41, 5.74) is 4.35. The fourth-order valence-corrected chi connectivity index (χ4v) is 5.05. The average Bonchev–Trinajstić information content (AvgIpc) is 2.99. The van der Waals surface area contributed by atoms with E-state index in [1.54, 1.807) is 14.2 Å². The second kappa shape index (κ2) is 14.9. The molecule has 1 unspecified atom stereocenters. The van der Waals surface area contributed by atoms with Crippen LogP contribution in [0, 0.1) is 0 Å². The summed E-state index contributed by atoms with van der Waals surface area (Å²) in [5, 5.41) is 9.15. The van der Waals surface area contributed by atoms with Gasteiger partial charge in [-0.1, -0.05) is 78.9 Å². The van der Waals surface area contributed by atoms with Gasteiger partial charge in [-0.2, -0.15) is 0 Å². The highest BCUT2D eigenvalue weighted by molar-refractivity contribution is 5.70. The van der Waals surface area contributed by atoms with Crippen molar-refractivity contribution in [3.63, 3.8) is 0 Å². The molecule has 0 aromatic heterocycles. The zero-order valence-corrected chi connectivity index (χ0v) is 24.0. The predicted octanol–water partition coefficient (Wildman–Crippen LogP) is 6.82. The van der Waals surface area contributed by atoms with Crippen molar-refractivity contribution in [2.24, 2.45) is 0 Å². The molecular formula is C35H39NO5. The van der Waals surface area contributed by atoms with Gasteiger partial charge in [-0.15, -0.1) is 0 Å². The van der Waals surface area contributed by atoms with Crippen LogP contribution in [0.5, 0.6) is 17.2 Å². The largest absolute Gasteiger partial charge is 0.497 e. The summed E-state index contributed by atoms with van der Waals surface area (Å²) >= 11 is 0. The smallest absolute Gasteiger partial charge is 0.307 e. The molecular weight excluding hydrogens is 514 g/mol. The van der Waals surface area contributed by atoms with Crippen LogP contribution >= 0.6 is 0 Å². The minimum atomic E-state index is -0.855. The van der Waals surface area contributed by atoms with Crippen molar-refractivity contribution in [2.75, 3.05) is 27.3 Å². The zero-order valence-electron chi connectivity index (χ0n) is 24.0. The van der Waals surface area contributed by atoms with Crippen LogP contribution in [-0.2, 0) is 17.8 Å². The molecule has 0 aliphatic rings. The summed E-state index contributed by atoms with van der Waals surface area (Å²) < 4.78 is 17.4. The van der Waals surface area contributed by atoms with Crippen molar-refractivity contribution in [1.82, 2.24) is 4.90 Å². The van der Waals surface area contributed by atoms with Gasteiger partial charge in [0, 0.05) is 37.2 Å². The van der Waals surface area contributed by atoms with Crippen LogP contribution in [0.25, 0.3) is 0 Å². The normalized spacial score (nSPS) is 11.8. The van der Waals surface area contributed by atoms with E-state index in [1.165, 1.54) is 11.1 Å². The summed E-state index contributed by atoms with van der Waals surface area (Å²) in [4.78, 5) is 13.6. The number of rotatable bonds is 15. The van der Waals surface area contributed by atoms with Gasteiger partial charge in [0.15, 0.2) is 0 Å². The first-order chi connectivity index (χ1) is 19.9. The topological polar surface area (TPSA) is 68.2 Å². The van der Waals surface area contributed by atoms with E-state index < -0.39 is 5.97 Å². The third-order valence-electron chi connectivity index (χ3n) is 7.18. The summed E-state index contributed by atoms with van der Waals surface area (Å²) in [6.45, 7) is 4.36. The number of hydrogen-bond acceptors (Lipinski definition) is 5. The Morgan fingerprint density at radius 3 is 2.10 bits per heavy atom. The number of benzene rings is 4. The molecule has 41 heavy (non-hydrogen) atoms. The summed E-state index contributed by atoms with van der Waals surface area (Å²) in [5.74, 6) is 1.57. The first-order valence-corrected chi connectivity index (χ1v) is 14.0. The molecule has 6 nitrogen and oxygen atoms in total. The minimum absolute atomic E-state index is 0.0244. The van der Waals surface area contributed by atoms with E-state index in [0.717, 1.165) is 42.1 Å². The Bertz CT molecular complexity index is 1340. The SMILES string of the molecule is COc1ccc(CN(CCC(C)Oc2cccc(CC(=O)O)c2)CC(c2ccccc2)c2ccccc2)c(OC)c1. The number of nitrogens with zero attached hydrogens (tertiary/aromatic N) is 1. The molecule has 4 aromatic rings. The fourth-order valence-electron chi connectivity index (χ4n) is 5.05. The summed E-state index contributed by atoms with van der Waals surface area (Å²) in [6, 6.07) is 34.6. The Kier molecular flexibility index (Phi) is 10.8. The Morgan fingerprint density at radius 2 is 1.49 bits per heavy atom. The van der Waals surface area contributed by atoms with Crippen molar-refractivity contribution < 1.29 is 24.1 Å². The number of carboxylic acids is 1. The number of aliphatic carboxylic acids is 1. The van der Waals surface area contributed by atoms with E-state index >= 15 is 0 Å². The van der Waals surface area contributed by atoms with E-state index in [9.17, 15) is 4.79 Å². The van der Waals surface area contributed by atoms with Crippen LogP contribution in [0.3, 0.4) is 0 Å². The van der Waals surface area contributed by atoms with E-state index in [-0.39, 0.29) is 18.4 Å². The van der Waals surface area contributed by atoms with Crippen molar-refractivity contribution in [3.05, 3.63) is 125 Å². The van der Waals surface area contributed by atoms with E-state index in [2.05, 4.69) is 78.6 Å². The highest BCUT2D eigenvalue weighted by Gasteiger charge is 2.21. The quantitative estimate of drug-likeness (QED) is 0.174. The van der Waals surface area contributed by atoms with Gasteiger partial charge in [0.1, 0.15) is 17.2 Å². The fraction of sp³-hybridized carbons (Fsp3) is 0.286. The second-order valence-electron chi connectivity index (χ2n) is 10.2. The lowest BCUT2D eigenvalue weighted by molar-refractivity contribution is -0.136. The highest BCUT2D eigenvalue weighted by Crippen LogP contribution is 2.30. The van der Waals surface area contributed by atoms with Gasteiger partial charge in [0.25, 0.3) is 0 Å². The van der Waals surface area contributed by atoms with Gasteiger partial charge in [-0.3, -0.25) is 9.69 Å². The van der Waals surface area contributed by atoms with Gasteiger partial charge in [-0.25, -0.2) is 0 Å². The Labute approximate surface area is 243 Å². The van der Waals surface area contributed by atoms with Crippen LogP contribution in [-0.4, -0.2) is 49.4 Å². The first kappa shape index (κ1) is 29.7. The second-order valence-corrected chi connectivity index (χ2v) is 10.2. The molecule has 0 radical (unpaired) electrons. The number of hydrogen-bond donors (Lipinski definition) is 1. The molecule has 6 heteroatoms. The number of carboxylic acid groups (broad SMARTS) is 1. The molecule has 0 saturated heterocycles. The van der Waals surface area contributed by atoms with Crippen LogP contribution in [0.4, 0.5) is 0 Å². The molecule has 1 atom stereocenters. The van der Waals surface area contributed by atoms with Crippen LogP contribution in [0.1, 0.15) is 41.5 Å². The minimum Gasteiger partial charge on any atom is -0.497 e. The van der Waals surface area contributed by atoms with Gasteiger partial charge < -0.3 is 19.3 Å². The van der Waals surface area contributed by atoms with Gasteiger partial charge in [0.2, 0.25) is 0 Å². The van der Waals surface area contributed by atoms with Gasteiger partial charge in [0.05, 0.1) is 26.7 Å². The predicted molar refractivity (Wildman–Crippen MR) is 162 cm³/mol. The molecule has 0 spiro atoms. The molecule has 0 heterocycles. The van der Waals surface area contributed by atoms with Crippen molar-refractivity contribution in [3.8, 4) is 17.2 Å². The van der Waals surface area contributed by atoms with Crippen molar-refractivity contribution >= 4 is 5.97 Å². The molecule has 0 aliphatic heterocycles. The van der Waals surface area contributed by atoms with Crippen LogP contribution in [0.15, 0.2) is 103 Å². The molecule has 0 saturated carbocycles. The van der Waals surface area contributed by atoms with Crippen molar-refractivity contribution in [1.29, 1.82) is 0 Å². The summed E-state index contributed by atoms with van der Waals surface area (Å²) in [7, 11) is 3.34. The maximum absolute atomic E-state index is 11.1. The highest BCUT2D eigenvalue weighted by atomic mass is 16.5. The van der Waals surface area contributed by atoms with Gasteiger partial charge in [-0.05, 0) is 48.2 Å². The Morgan fingerprint density at radius 1 is 0.805 bits per heavy atom. The van der Waals surface area contributed by atoms with Gasteiger partial charge >= 0.3 is 5.97 Å². The lowest BCUT2D eigenvalue weighted by atomic mass is 9.90. The van der Waals surface area contributed by atoms with E-state index in [4.69, 9.17) is 19.3 Å². The molecule has 214 valence electrons. The molecule has 0 aliphatic carbocycles. The summed E-state index contributed by atoms with van der Waals surface area (Å²) in [6.07, 6.45) is 0.698. The van der Waals surface area contributed by atoms with E-state index in [0.29, 0.717) is 12.3 Å². The maximum atomic E-state index is 11.1. The maximum Gasteiger partial charge on any atom is 0.307 e.